The summed E-state index contributed by atoms with van der Waals surface area (Å²) in [5, 5.41) is 14.3. The first kappa shape index (κ1) is 33.6. The van der Waals surface area contributed by atoms with Gasteiger partial charge in [0.05, 0.1) is 6.61 Å². The largest absolute Gasteiger partial charge is 0.508 e. The maximum Gasteiger partial charge on any atom is 0.226 e. The van der Waals surface area contributed by atoms with E-state index in [4.69, 9.17) is 4.74 Å². The van der Waals surface area contributed by atoms with Crippen LogP contribution in [-0.4, -0.2) is 47.7 Å². The van der Waals surface area contributed by atoms with E-state index in [1.54, 1.807) is 0 Å². The van der Waals surface area contributed by atoms with Gasteiger partial charge in [-0.1, -0.05) is 54.6 Å². The molecule has 7 rings (SSSR count). The Kier molecular flexibility index (Phi) is 10.6. The highest BCUT2D eigenvalue weighted by molar-refractivity contribution is 5.83. The minimum atomic E-state index is -0.0735. The van der Waals surface area contributed by atoms with Crippen LogP contribution in [0.4, 0.5) is 0 Å². The summed E-state index contributed by atoms with van der Waals surface area (Å²) in [7, 11) is 0. The molecule has 1 atom stereocenters. The lowest BCUT2D eigenvalue weighted by Crippen LogP contribution is -2.53. The van der Waals surface area contributed by atoms with Crippen LogP contribution in [0.25, 0.3) is 0 Å². The summed E-state index contributed by atoms with van der Waals surface area (Å²) in [6.45, 7) is 11.2. The van der Waals surface area contributed by atoms with Gasteiger partial charge in [0.25, 0.3) is 0 Å². The van der Waals surface area contributed by atoms with Gasteiger partial charge in [0.15, 0.2) is 0 Å². The number of nitrogens with zero attached hydrogens (tertiary/aromatic N) is 1. The van der Waals surface area contributed by atoms with E-state index in [-0.39, 0.29) is 11.3 Å². The standard InChI is InChI=1S/C42H56N2O3/c1-29(2)44(30(3)4)20-17-38(36-8-6-5-7-9-36)39-25-32(12-15-40(39)45)18-21-47-37-13-10-31(11-14-37)16-19-43-41(46)42-26-33-22-34(27-42)24-35(23-33)28-42/h5-15,25,29-30,33-35,38,45H,16-24,26-28H2,1-4H3,(H,43,46)/t33?,34?,35?,38-,42?/m1/s1. The number of nitrogens with one attached hydrogen (secondary N) is 1. The molecule has 0 saturated heterocycles. The summed E-state index contributed by atoms with van der Waals surface area (Å²) in [4.78, 5) is 15.8. The quantitative estimate of drug-likeness (QED) is 0.176. The molecule has 1 amide bonds. The Labute approximate surface area is 283 Å². The van der Waals surface area contributed by atoms with Gasteiger partial charge in [-0.15, -0.1) is 0 Å². The smallest absolute Gasteiger partial charge is 0.226 e. The summed E-state index contributed by atoms with van der Waals surface area (Å²) in [5.74, 6) is 4.01. The number of carbonyl (C=O) groups is 1. The molecule has 0 aromatic heterocycles. The van der Waals surface area contributed by atoms with Crippen LogP contribution in [0.5, 0.6) is 11.5 Å². The van der Waals surface area contributed by atoms with Gasteiger partial charge in [-0.05, 0) is 138 Å². The van der Waals surface area contributed by atoms with E-state index in [9.17, 15) is 9.90 Å². The monoisotopic (exact) mass is 636 g/mol. The van der Waals surface area contributed by atoms with Gasteiger partial charge in [-0.2, -0.15) is 0 Å². The molecule has 4 fully saturated rings. The highest BCUT2D eigenvalue weighted by Gasteiger charge is 2.54. The van der Waals surface area contributed by atoms with Gasteiger partial charge >= 0.3 is 0 Å². The molecule has 5 nitrogen and oxygen atoms in total. The van der Waals surface area contributed by atoms with Crippen molar-refractivity contribution in [1.82, 2.24) is 10.2 Å². The summed E-state index contributed by atoms with van der Waals surface area (Å²) in [6, 6.07) is 25.9. The highest BCUT2D eigenvalue weighted by Crippen LogP contribution is 2.60. The highest BCUT2D eigenvalue weighted by atomic mass is 16.5. The van der Waals surface area contributed by atoms with Crippen molar-refractivity contribution in [3.63, 3.8) is 0 Å². The fourth-order valence-corrected chi connectivity index (χ4v) is 9.55. The Balaban J connectivity index is 1.01. The maximum atomic E-state index is 13.3. The zero-order chi connectivity index (χ0) is 33.0. The van der Waals surface area contributed by atoms with Crippen molar-refractivity contribution in [2.45, 2.75) is 103 Å². The lowest BCUT2D eigenvalue weighted by molar-refractivity contribution is -0.146. The second-order valence-electron chi connectivity index (χ2n) is 15.5. The third-order valence-electron chi connectivity index (χ3n) is 11.5. The van der Waals surface area contributed by atoms with Crippen molar-refractivity contribution in [3.05, 3.63) is 95.1 Å². The van der Waals surface area contributed by atoms with Crippen LogP contribution in [0.1, 0.15) is 101 Å². The second-order valence-corrected chi connectivity index (χ2v) is 15.5. The van der Waals surface area contributed by atoms with E-state index < -0.39 is 0 Å². The fraction of sp³-hybridized carbons (Fsp3) is 0.548. The topological polar surface area (TPSA) is 61.8 Å². The van der Waals surface area contributed by atoms with E-state index >= 15 is 0 Å². The molecule has 0 radical (unpaired) electrons. The summed E-state index contributed by atoms with van der Waals surface area (Å²) < 4.78 is 6.15. The number of hydrogen-bond donors (Lipinski definition) is 2. The lowest BCUT2D eigenvalue weighted by atomic mass is 9.49. The number of amides is 1. The normalized spacial score (nSPS) is 23.9. The van der Waals surface area contributed by atoms with Crippen molar-refractivity contribution in [2.75, 3.05) is 19.7 Å². The number of hydrogen-bond acceptors (Lipinski definition) is 4. The molecule has 3 aromatic rings. The van der Waals surface area contributed by atoms with Crippen LogP contribution in [0.3, 0.4) is 0 Å². The molecule has 0 spiro atoms. The van der Waals surface area contributed by atoms with Gasteiger partial charge in [0, 0.05) is 41.9 Å². The molecular formula is C42H56N2O3. The number of rotatable bonds is 15. The van der Waals surface area contributed by atoms with Gasteiger partial charge < -0.3 is 15.2 Å². The molecule has 252 valence electrons. The Morgan fingerprint density at radius 3 is 2.09 bits per heavy atom. The Bertz CT molecular complexity index is 1420. The van der Waals surface area contributed by atoms with Crippen molar-refractivity contribution >= 4 is 5.91 Å². The average Bonchev–Trinajstić information content (AvgIpc) is 3.04. The van der Waals surface area contributed by atoms with Crippen molar-refractivity contribution in [1.29, 1.82) is 0 Å². The number of ether oxygens (including phenoxy) is 1. The molecule has 4 aliphatic rings. The Morgan fingerprint density at radius 1 is 0.851 bits per heavy atom. The first-order chi connectivity index (χ1) is 22.7. The summed E-state index contributed by atoms with van der Waals surface area (Å²) in [5.41, 5.74) is 4.52. The SMILES string of the molecule is CC(C)N(CC[C@H](c1ccccc1)c1cc(CCOc2ccc(CCNC(=O)C34CC5CC(CC(C5)C3)C4)cc2)ccc1O)C(C)C. The van der Waals surface area contributed by atoms with Crippen LogP contribution < -0.4 is 10.1 Å². The van der Waals surface area contributed by atoms with Gasteiger partial charge in [-0.3, -0.25) is 9.69 Å². The average molecular weight is 637 g/mol. The molecule has 5 heteroatoms. The summed E-state index contributed by atoms with van der Waals surface area (Å²) >= 11 is 0. The molecule has 0 heterocycles. The van der Waals surface area contributed by atoms with Crippen LogP contribution in [0.2, 0.25) is 0 Å². The van der Waals surface area contributed by atoms with E-state index in [0.29, 0.717) is 36.9 Å². The first-order valence-corrected chi connectivity index (χ1v) is 18.3. The number of aromatic hydroxyl groups is 1. The van der Waals surface area contributed by atoms with Crippen LogP contribution in [0, 0.1) is 23.2 Å². The van der Waals surface area contributed by atoms with Gasteiger partial charge in [0.2, 0.25) is 5.91 Å². The van der Waals surface area contributed by atoms with E-state index in [1.807, 2.05) is 24.3 Å². The van der Waals surface area contributed by atoms with Crippen LogP contribution >= 0.6 is 0 Å². The molecule has 2 N–H and O–H groups in total. The van der Waals surface area contributed by atoms with Gasteiger partial charge in [-0.25, -0.2) is 0 Å². The van der Waals surface area contributed by atoms with Crippen molar-refractivity contribution in [2.24, 2.45) is 23.2 Å². The Morgan fingerprint density at radius 2 is 1.47 bits per heavy atom. The third-order valence-corrected chi connectivity index (χ3v) is 11.5. The van der Waals surface area contributed by atoms with E-state index in [0.717, 1.165) is 79.7 Å². The van der Waals surface area contributed by atoms with Crippen LogP contribution in [0.15, 0.2) is 72.8 Å². The second kappa shape index (κ2) is 14.8. The molecule has 0 unspecified atom stereocenters. The Hall–Kier alpha value is -3.31. The molecular weight excluding hydrogens is 580 g/mol. The number of phenols is 1. The van der Waals surface area contributed by atoms with E-state index in [2.05, 4.69) is 86.4 Å². The molecule has 47 heavy (non-hydrogen) atoms. The third kappa shape index (κ3) is 8.05. The maximum absolute atomic E-state index is 13.3. The number of carbonyl (C=O) groups excluding carboxylic acids is 1. The molecule has 4 bridgehead atoms. The number of phenolic OH excluding ortho intramolecular Hbond substituents is 1. The summed E-state index contributed by atoms with van der Waals surface area (Å²) in [6.07, 6.45) is 9.97. The first-order valence-electron chi connectivity index (χ1n) is 18.3. The van der Waals surface area contributed by atoms with E-state index in [1.165, 1.54) is 30.4 Å². The van der Waals surface area contributed by atoms with Crippen molar-refractivity contribution < 1.29 is 14.6 Å². The van der Waals surface area contributed by atoms with Crippen molar-refractivity contribution in [3.8, 4) is 11.5 Å². The number of benzene rings is 3. The lowest BCUT2D eigenvalue weighted by Gasteiger charge is -2.55. The fourth-order valence-electron chi connectivity index (χ4n) is 9.55. The molecule has 4 aliphatic carbocycles. The minimum absolute atomic E-state index is 0.0735. The molecule has 0 aliphatic heterocycles. The minimum Gasteiger partial charge on any atom is -0.508 e. The zero-order valence-electron chi connectivity index (χ0n) is 29.1. The predicted octanol–water partition coefficient (Wildman–Crippen LogP) is 8.53. The van der Waals surface area contributed by atoms with Gasteiger partial charge in [0.1, 0.15) is 11.5 Å². The molecule has 3 aromatic carbocycles. The zero-order valence-corrected chi connectivity index (χ0v) is 29.1. The van der Waals surface area contributed by atoms with Crippen LogP contribution in [-0.2, 0) is 17.6 Å². The predicted molar refractivity (Wildman–Crippen MR) is 191 cm³/mol. The molecule has 4 saturated carbocycles.